The van der Waals surface area contributed by atoms with Crippen LogP contribution < -0.4 is 9.47 Å². The van der Waals surface area contributed by atoms with Crippen molar-refractivity contribution in [3.05, 3.63) is 421 Å². The van der Waals surface area contributed by atoms with Crippen LogP contribution in [0.15, 0.2) is 376 Å². The lowest BCUT2D eigenvalue weighted by atomic mass is 9.65. The van der Waals surface area contributed by atoms with Gasteiger partial charge in [-0.1, -0.05) is 328 Å². The first-order chi connectivity index (χ1) is 53.5. The highest BCUT2D eigenvalue weighted by Gasteiger charge is 2.53. The third kappa shape index (κ3) is 9.46. The smallest absolute Gasteiger partial charge is 0.160 e. The van der Waals surface area contributed by atoms with E-state index in [0.29, 0.717) is 11.6 Å². The second kappa shape index (κ2) is 24.2. The quantitative estimate of drug-likeness (QED) is 0.143. The molecule has 18 aromatic rings. The number of para-hydroxylation sites is 1. The Labute approximate surface area is 624 Å². The molecule has 22 rings (SSSR count). The molecule has 0 bridgehead atoms. The molecule has 0 saturated carbocycles. The molecule has 502 valence electrons. The van der Waals surface area contributed by atoms with Crippen LogP contribution in [-0.4, -0.2) is 19.9 Å². The number of hydrogen-bond acceptors (Lipinski definition) is 6. The zero-order chi connectivity index (χ0) is 71.0. The summed E-state index contributed by atoms with van der Waals surface area (Å²) < 4.78 is 14.2. The predicted octanol–water partition coefficient (Wildman–Crippen LogP) is 25.5. The van der Waals surface area contributed by atoms with E-state index in [0.717, 1.165) is 146 Å². The highest BCUT2D eigenvalue weighted by Crippen LogP contribution is 2.65. The van der Waals surface area contributed by atoms with E-state index in [9.17, 15) is 0 Å². The topological polar surface area (TPSA) is 70.0 Å². The van der Waals surface area contributed by atoms with Crippen molar-refractivity contribution in [2.75, 3.05) is 0 Å². The van der Waals surface area contributed by atoms with Crippen molar-refractivity contribution < 1.29 is 9.47 Å². The lowest BCUT2D eigenvalue weighted by Gasteiger charge is -2.40. The molecule has 4 aliphatic rings. The summed E-state index contributed by atoms with van der Waals surface area (Å²) in [5.74, 6) is 4.67. The highest BCUT2D eigenvalue weighted by atomic mass is 16.5. The van der Waals surface area contributed by atoms with Crippen molar-refractivity contribution in [1.82, 2.24) is 19.9 Å². The van der Waals surface area contributed by atoms with Crippen molar-refractivity contribution in [3.63, 3.8) is 0 Å². The Morgan fingerprint density at radius 1 is 0.176 bits per heavy atom. The molecule has 2 aliphatic heterocycles. The van der Waals surface area contributed by atoms with Gasteiger partial charge in [-0.2, -0.15) is 0 Å². The van der Waals surface area contributed by atoms with Crippen LogP contribution in [-0.2, 0) is 10.8 Å². The van der Waals surface area contributed by atoms with Crippen molar-refractivity contribution in [3.8, 4) is 146 Å². The van der Waals surface area contributed by atoms with Gasteiger partial charge in [0.25, 0.3) is 0 Å². The van der Waals surface area contributed by atoms with Gasteiger partial charge in [0.05, 0.1) is 33.6 Å². The molecule has 0 radical (unpaired) electrons. The fourth-order valence-electron chi connectivity index (χ4n) is 17.9. The Morgan fingerprint density at radius 3 is 1.11 bits per heavy atom. The molecule has 4 heterocycles. The lowest BCUT2D eigenvalue weighted by Crippen LogP contribution is -2.32. The molecule has 0 N–H and O–H groups in total. The van der Waals surface area contributed by atoms with Crippen LogP contribution in [0.2, 0.25) is 0 Å². The van der Waals surface area contributed by atoms with Gasteiger partial charge >= 0.3 is 0 Å². The molecule has 0 saturated heterocycles. The van der Waals surface area contributed by atoms with Gasteiger partial charge in [-0.3, -0.25) is 0 Å². The van der Waals surface area contributed by atoms with E-state index in [-0.39, 0.29) is 0 Å². The molecular formula is C102H62N4O2. The average Bonchev–Trinajstić information content (AvgIpc) is 1.48. The van der Waals surface area contributed by atoms with E-state index >= 15 is 0 Å². The van der Waals surface area contributed by atoms with E-state index in [2.05, 4.69) is 370 Å². The van der Waals surface area contributed by atoms with Gasteiger partial charge in [0, 0.05) is 55.6 Å². The normalized spacial score (nSPS) is 13.3. The predicted molar refractivity (Wildman–Crippen MR) is 436 cm³/mol. The average molecular weight is 1380 g/mol. The van der Waals surface area contributed by atoms with E-state index in [4.69, 9.17) is 29.4 Å². The molecule has 0 atom stereocenters. The van der Waals surface area contributed by atoms with Gasteiger partial charge < -0.3 is 9.47 Å². The first-order valence-corrected chi connectivity index (χ1v) is 36.9. The van der Waals surface area contributed by atoms with Crippen molar-refractivity contribution in [2.45, 2.75) is 10.8 Å². The van der Waals surface area contributed by atoms with Crippen molar-refractivity contribution in [2.24, 2.45) is 0 Å². The van der Waals surface area contributed by atoms with Gasteiger partial charge in [-0.05, 0) is 148 Å². The Balaban J connectivity index is 0.603. The fourth-order valence-corrected chi connectivity index (χ4v) is 17.9. The minimum Gasteiger partial charge on any atom is -0.457 e. The van der Waals surface area contributed by atoms with E-state index < -0.39 is 10.8 Å². The van der Waals surface area contributed by atoms with Crippen LogP contribution in [0.1, 0.15) is 44.5 Å². The minimum atomic E-state index is -0.687. The summed E-state index contributed by atoms with van der Waals surface area (Å²) in [6.45, 7) is 0. The van der Waals surface area contributed by atoms with Gasteiger partial charge in [0.1, 0.15) is 23.0 Å². The van der Waals surface area contributed by atoms with Crippen molar-refractivity contribution >= 4 is 21.5 Å². The molecule has 6 nitrogen and oxygen atoms in total. The first kappa shape index (κ1) is 61.3. The Morgan fingerprint density at radius 2 is 0.537 bits per heavy atom. The maximum Gasteiger partial charge on any atom is 0.160 e. The van der Waals surface area contributed by atoms with Crippen LogP contribution in [0.5, 0.6) is 23.0 Å². The van der Waals surface area contributed by atoms with Crippen molar-refractivity contribution in [1.29, 1.82) is 0 Å². The summed E-state index contributed by atoms with van der Waals surface area (Å²) in [4.78, 5) is 21.3. The molecule has 6 heteroatoms. The van der Waals surface area contributed by atoms with E-state index in [1.54, 1.807) is 0 Å². The molecule has 16 aromatic carbocycles. The summed E-state index contributed by atoms with van der Waals surface area (Å²) in [5, 5.41) is 4.65. The van der Waals surface area contributed by atoms with Gasteiger partial charge in [-0.25, -0.2) is 19.9 Å². The maximum atomic E-state index is 7.23. The van der Waals surface area contributed by atoms with Gasteiger partial charge in [0.2, 0.25) is 0 Å². The monoisotopic (exact) mass is 1370 g/mol. The molecule has 108 heavy (non-hydrogen) atoms. The Bertz CT molecular complexity index is 6650. The third-order valence-electron chi connectivity index (χ3n) is 22.9. The Hall–Kier alpha value is -14.2. The summed E-state index contributed by atoms with van der Waals surface area (Å²) >= 11 is 0. The summed E-state index contributed by atoms with van der Waals surface area (Å²) in [6.07, 6.45) is 0. The number of hydrogen-bond donors (Lipinski definition) is 0. The second-order valence-corrected chi connectivity index (χ2v) is 28.6. The fraction of sp³-hybridized carbons (Fsp3) is 0.0196. The van der Waals surface area contributed by atoms with Crippen LogP contribution in [0.3, 0.4) is 0 Å². The van der Waals surface area contributed by atoms with Gasteiger partial charge in [-0.15, -0.1) is 0 Å². The second-order valence-electron chi connectivity index (χ2n) is 28.6. The number of aromatic nitrogens is 4. The number of nitrogens with zero attached hydrogens (tertiary/aromatic N) is 4. The largest absolute Gasteiger partial charge is 0.457 e. The van der Waals surface area contributed by atoms with Crippen LogP contribution in [0, 0.1) is 0 Å². The van der Waals surface area contributed by atoms with Crippen LogP contribution in [0.25, 0.3) is 145 Å². The van der Waals surface area contributed by atoms with E-state index in [1.165, 1.54) is 55.3 Å². The molecule has 2 spiro atoms. The van der Waals surface area contributed by atoms with Crippen LogP contribution >= 0.6 is 0 Å². The van der Waals surface area contributed by atoms with E-state index in [1.807, 2.05) is 6.07 Å². The van der Waals surface area contributed by atoms with Gasteiger partial charge in [0.15, 0.2) is 11.6 Å². The molecule has 0 amide bonds. The summed E-state index contributed by atoms with van der Waals surface area (Å²) in [5.41, 5.74) is 29.0. The van der Waals surface area contributed by atoms with Crippen LogP contribution in [0.4, 0.5) is 0 Å². The standard InChI is InChI=1S/C102H62N4O2/c1-2-21-68(22-3-1)92-62-94(82-30-18-24-67-20-6-7-25-77(67)82)106-100(104-92)71-48-41-66(42-49-71)75-52-55-89-98(60-75)108-96-56-53-73(58-90(96)102(89)85-33-14-10-28-80(85)81-29-11-15-34-86(81)102)64-37-44-69(45-38-64)91-61-93(76-50-43-63-19-4-5-23-72(63)57-76)105-99(103-91)70-46-39-65(40-47-70)74-51-54-88-97(59-74)107-95-36-17-16-35-87(95)101(88)83-31-12-8-26-78(83)79-27-9-13-32-84(79)101/h1-62H. The third-order valence-corrected chi connectivity index (χ3v) is 22.9. The number of benzene rings is 16. The zero-order valence-electron chi connectivity index (χ0n) is 58.4. The Kier molecular flexibility index (Phi) is 13.7. The molecular weight excluding hydrogens is 1310 g/mol. The maximum absolute atomic E-state index is 7.23. The number of fused-ring (bicyclic) bond motifs is 20. The first-order valence-electron chi connectivity index (χ1n) is 36.9. The minimum absolute atomic E-state index is 0.525. The SMILES string of the molecule is c1ccc(-c2cc(-c3cccc4ccccc34)nc(-c3ccc(-c4ccc5c(c4)Oc4ccc(-c6ccc(-c7cc(-c8ccc9ccccc9c8)nc(-c8ccc(-c9ccc%10c(c9)Oc9ccccc9C%109c%10ccccc%10-c%10ccccc%109)cc8)n7)cc6)cc4C54c5ccccc5-c5ccccc54)cc3)n2)cc1. The lowest BCUT2D eigenvalue weighted by molar-refractivity contribution is 0.436. The molecule has 2 aliphatic carbocycles. The number of ether oxygens (including phenoxy) is 2. The molecule has 0 fully saturated rings. The number of rotatable bonds is 9. The summed E-state index contributed by atoms with van der Waals surface area (Å²) in [7, 11) is 0. The molecule has 0 unspecified atom stereocenters. The zero-order valence-corrected chi connectivity index (χ0v) is 58.4. The highest BCUT2D eigenvalue weighted by molar-refractivity contribution is 5.98. The molecule has 2 aromatic heterocycles. The summed E-state index contributed by atoms with van der Waals surface area (Å²) in [6, 6.07) is 135.